The van der Waals surface area contributed by atoms with Crippen molar-refractivity contribution in [2.45, 2.75) is 0 Å². The first-order chi connectivity index (χ1) is 9.04. The Morgan fingerprint density at radius 3 is 2.37 bits per heavy atom. The summed E-state index contributed by atoms with van der Waals surface area (Å²) in [5.41, 5.74) is 1.17. The van der Waals surface area contributed by atoms with E-state index in [1.54, 1.807) is 18.2 Å². The number of urea groups is 1. The maximum Gasteiger partial charge on any atom is 0.323 e. The third-order valence-corrected chi connectivity index (χ3v) is 3.56. The smallest absolute Gasteiger partial charge is 0.308 e. The highest BCUT2D eigenvalue weighted by Crippen LogP contribution is 2.25. The van der Waals surface area contributed by atoms with Crippen LogP contribution >= 0.6 is 45.8 Å². The first-order valence-corrected chi connectivity index (χ1v) is 7.17. The zero-order valence-electron chi connectivity index (χ0n) is 9.58. The number of carbonyl (C=O) groups excluding carboxylic acids is 1. The first-order valence-electron chi connectivity index (χ1n) is 5.33. The van der Waals surface area contributed by atoms with Crippen molar-refractivity contribution in [3.8, 4) is 0 Å². The van der Waals surface area contributed by atoms with Crippen molar-refractivity contribution in [2.24, 2.45) is 0 Å². The molecule has 0 atom stereocenters. The van der Waals surface area contributed by atoms with Gasteiger partial charge < -0.3 is 10.6 Å². The van der Waals surface area contributed by atoms with Crippen LogP contribution in [-0.2, 0) is 0 Å². The monoisotopic (exact) mass is 406 g/mol. The van der Waals surface area contributed by atoms with Crippen molar-refractivity contribution in [2.75, 3.05) is 10.6 Å². The summed E-state index contributed by atoms with van der Waals surface area (Å²) in [5, 5.41) is 6.30. The zero-order valence-corrected chi connectivity index (χ0v) is 13.3. The van der Waals surface area contributed by atoms with Crippen LogP contribution in [0.15, 0.2) is 42.5 Å². The maximum absolute atomic E-state index is 11.8. The summed E-state index contributed by atoms with van der Waals surface area (Å²) >= 11 is 14.0. The Balaban J connectivity index is 2.05. The van der Waals surface area contributed by atoms with Gasteiger partial charge >= 0.3 is 6.03 Å². The lowest BCUT2D eigenvalue weighted by molar-refractivity contribution is 0.262. The van der Waals surface area contributed by atoms with Gasteiger partial charge in [-0.3, -0.25) is 0 Å². The van der Waals surface area contributed by atoms with E-state index in [0.29, 0.717) is 21.4 Å². The molecule has 0 fully saturated rings. The molecule has 2 aromatic carbocycles. The van der Waals surface area contributed by atoms with Gasteiger partial charge in [-0.05, 0) is 65.1 Å². The topological polar surface area (TPSA) is 41.1 Å². The number of hydrogen-bond donors (Lipinski definition) is 2. The van der Waals surface area contributed by atoms with Gasteiger partial charge in [0.2, 0.25) is 0 Å². The average molecular weight is 407 g/mol. The van der Waals surface area contributed by atoms with Gasteiger partial charge in [0, 0.05) is 14.3 Å². The molecule has 3 nitrogen and oxygen atoms in total. The van der Waals surface area contributed by atoms with Crippen LogP contribution in [0.5, 0.6) is 0 Å². The second kappa shape index (κ2) is 6.45. The van der Waals surface area contributed by atoms with Gasteiger partial charge in [-0.15, -0.1) is 0 Å². The van der Waals surface area contributed by atoms with Crippen LogP contribution in [0.25, 0.3) is 0 Å². The molecule has 2 amide bonds. The number of hydrogen-bond acceptors (Lipinski definition) is 1. The summed E-state index contributed by atoms with van der Waals surface area (Å²) in [6, 6.07) is 12.0. The van der Waals surface area contributed by atoms with Gasteiger partial charge in [0.1, 0.15) is 0 Å². The molecule has 0 radical (unpaired) electrons. The third kappa shape index (κ3) is 4.26. The molecular weight excluding hydrogens is 398 g/mol. The maximum atomic E-state index is 11.8. The second-order valence-corrected chi connectivity index (χ2v) is 5.80. The Hall–Kier alpha value is -0.980. The van der Waals surface area contributed by atoms with Gasteiger partial charge in [-0.1, -0.05) is 23.2 Å². The lowest BCUT2D eigenvalue weighted by atomic mass is 10.3. The molecule has 0 spiro atoms. The van der Waals surface area contributed by atoms with Crippen molar-refractivity contribution < 1.29 is 4.79 Å². The highest BCUT2D eigenvalue weighted by Gasteiger charge is 2.06. The standard InChI is InChI=1S/C13H9Cl2IN2O/c14-8-1-6-11(15)12(7-8)18-13(19)17-10-4-2-9(16)3-5-10/h1-7H,(H2,17,18,19). The van der Waals surface area contributed by atoms with Crippen LogP contribution in [0.2, 0.25) is 10.0 Å². The molecule has 0 heterocycles. The Labute approximate surface area is 134 Å². The summed E-state index contributed by atoms with van der Waals surface area (Å²) in [4.78, 5) is 11.8. The van der Waals surface area contributed by atoms with Crippen molar-refractivity contribution in [1.29, 1.82) is 0 Å². The van der Waals surface area contributed by atoms with Crippen LogP contribution in [0.3, 0.4) is 0 Å². The van der Waals surface area contributed by atoms with E-state index < -0.39 is 0 Å². The van der Waals surface area contributed by atoms with Crippen LogP contribution in [-0.4, -0.2) is 6.03 Å². The molecule has 0 aliphatic heterocycles. The Bertz CT molecular complexity index is 602. The van der Waals surface area contributed by atoms with Crippen LogP contribution in [0, 0.1) is 3.57 Å². The first kappa shape index (κ1) is 14.4. The summed E-state index contributed by atoms with van der Waals surface area (Å²) in [6.45, 7) is 0. The molecule has 2 aromatic rings. The van der Waals surface area contributed by atoms with E-state index in [9.17, 15) is 4.79 Å². The minimum Gasteiger partial charge on any atom is -0.308 e. The molecule has 98 valence electrons. The molecule has 0 bridgehead atoms. The van der Waals surface area contributed by atoms with Crippen LogP contribution < -0.4 is 10.6 Å². The fraction of sp³-hybridized carbons (Fsp3) is 0. The number of amides is 2. The Kier molecular flexibility index (Phi) is 4.90. The largest absolute Gasteiger partial charge is 0.323 e. The Morgan fingerprint density at radius 2 is 1.68 bits per heavy atom. The second-order valence-electron chi connectivity index (χ2n) is 3.71. The summed E-state index contributed by atoms with van der Waals surface area (Å²) in [6.07, 6.45) is 0. The van der Waals surface area contributed by atoms with Crippen molar-refractivity contribution >= 4 is 63.2 Å². The molecule has 2 rings (SSSR count). The molecule has 0 saturated heterocycles. The molecule has 0 aromatic heterocycles. The molecule has 2 N–H and O–H groups in total. The molecule has 0 saturated carbocycles. The molecule has 19 heavy (non-hydrogen) atoms. The van der Waals surface area contributed by atoms with E-state index in [0.717, 1.165) is 3.57 Å². The minimum absolute atomic E-state index is 0.370. The third-order valence-electron chi connectivity index (χ3n) is 2.28. The van der Waals surface area contributed by atoms with E-state index >= 15 is 0 Å². The van der Waals surface area contributed by atoms with Gasteiger partial charge in [0.25, 0.3) is 0 Å². The van der Waals surface area contributed by atoms with Crippen molar-refractivity contribution in [3.05, 3.63) is 56.1 Å². The van der Waals surface area contributed by atoms with Gasteiger partial charge in [0.05, 0.1) is 10.7 Å². The minimum atomic E-state index is -0.370. The number of halogens is 3. The van der Waals surface area contributed by atoms with Crippen molar-refractivity contribution in [1.82, 2.24) is 0 Å². The van der Waals surface area contributed by atoms with E-state index in [-0.39, 0.29) is 6.03 Å². The lowest BCUT2D eigenvalue weighted by Crippen LogP contribution is -2.19. The quantitative estimate of drug-likeness (QED) is 0.657. The predicted molar refractivity (Wildman–Crippen MR) is 88.3 cm³/mol. The fourth-order valence-electron chi connectivity index (χ4n) is 1.41. The molecule has 0 aliphatic carbocycles. The average Bonchev–Trinajstić information content (AvgIpc) is 2.37. The number of anilines is 2. The highest BCUT2D eigenvalue weighted by molar-refractivity contribution is 14.1. The summed E-state index contributed by atoms with van der Waals surface area (Å²) in [5.74, 6) is 0. The zero-order chi connectivity index (χ0) is 13.8. The molecule has 0 unspecified atom stereocenters. The van der Waals surface area contributed by atoms with Crippen LogP contribution in [0.4, 0.5) is 16.2 Å². The van der Waals surface area contributed by atoms with E-state index in [1.807, 2.05) is 24.3 Å². The van der Waals surface area contributed by atoms with Gasteiger partial charge in [0.15, 0.2) is 0 Å². The Morgan fingerprint density at radius 1 is 1.00 bits per heavy atom. The van der Waals surface area contributed by atoms with Crippen molar-refractivity contribution in [3.63, 3.8) is 0 Å². The van der Waals surface area contributed by atoms with E-state index in [4.69, 9.17) is 23.2 Å². The lowest BCUT2D eigenvalue weighted by Gasteiger charge is -2.09. The molecule has 0 aliphatic rings. The highest BCUT2D eigenvalue weighted by atomic mass is 127. The normalized spacial score (nSPS) is 10.1. The number of carbonyl (C=O) groups is 1. The van der Waals surface area contributed by atoms with Crippen LogP contribution in [0.1, 0.15) is 0 Å². The van der Waals surface area contributed by atoms with Gasteiger partial charge in [-0.25, -0.2) is 4.79 Å². The number of benzene rings is 2. The van der Waals surface area contributed by atoms with E-state index in [1.165, 1.54) is 0 Å². The summed E-state index contributed by atoms with van der Waals surface area (Å²) in [7, 11) is 0. The fourth-order valence-corrected chi connectivity index (χ4v) is 2.11. The number of nitrogens with one attached hydrogen (secondary N) is 2. The molecule has 6 heteroatoms. The van der Waals surface area contributed by atoms with Gasteiger partial charge in [-0.2, -0.15) is 0 Å². The summed E-state index contributed by atoms with van der Waals surface area (Å²) < 4.78 is 1.10. The molecular formula is C13H9Cl2IN2O. The van der Waals surface area contributed by atoms with E-state index in [2.05, 4.69) is 33.2 Å². The SMILES string of the molecule is O=C(Nc1ccc(I)cc1)Nc1cc(Cl)ccc1Cl. The predicted octanol–water partition coefficient (Wildman–Crippen LogP) is 5.24. The number of rotatable bonds is 2.